The quantitative estimate of drug-likeness (QED) is 0.235. The third-order valence-electron chi connectivity index (χ3n) is 5.98. The highest BCUT2D eigenvalue weighted by atomic mass is 19.1. The number of rotatable bonds is 7. The summed E-state index contributed by atoms with van der Waals surface area (Å²) in [5.41, 5.74) is 6.39. The molecule has 178 valence electrons. The van der Waals surface area contributed by atoms with E-state index in [0.29, 0.717) is 12.4 Å². The van der Waals surface area contributed by atoms with Gasteiger partial charge in [0, 0.05) is 16.9 Å². The molecule has 0 atom stereocenters. The molecule has 35 heavy (non-hydrogen) atoms. The maximum atomic E-state index is 13.6. The molecule has 5 rings (SSSR count). The first-order valence-corrected chi connectivity index (χ1v) is 11.2. The number of ether oxygens (including phenoxy) is 3. The summed E-state index contributed by atoms with van der Waals surface area (Å²) in [4.78, 5) is 5.67. The molecule has 4 aromatic rings. The SMILES string of the molecule is COc1ccc(-c2cc(/C(C)=N\OCc3ccc4c(c3)OCO4)c(C)n2-c2ccc(F)cc2)cc1. The van der Waals surface area contributed by atoms with Crippen LogP contribution >= 0.6 is 0 Å². The van der Waals surface area contributed by atoms with Crippen LogP contribution in [0.3, 0.4) is 0 Å². The molecule has 0 bridgehead atoms. The number of aromatic nitrogens is 1. The first-order chi connectivity index (χ1) is 17.0. The molecule has 0 spiro atoms. The van der Waals surface area contributed by atoms with Crippen LogP contribution in [-0.2, 0) is 11.4 Å². The number of benzene rings is 3. The molecule has 0 N–H and O–H groups in total. The van der Waals surface area contributed by atoms with E-state index >= 15 is 0 Å². The Kier molecular flexibility index (Phi) is 6.14. The van der Waals surface area contributed by atoms with Crippen LogP contribution in [0.4, 0.5) is 4.39 Å². The molecule has 0 amide bonds. The summed E-state index contributed by atoms with van der Waals surface area (Å²) in [5, 5.41) is 4.38. The molecular formula is C28H25FN2O4. The Balaban J connectivity index is 1.46. The van der Waals surface area contributed by atoms with Crippen molar-refractivity contribution in [3.05, 3.63) is 95.4 Å². The van der Waals surface area contributed by atoms with Crippen LogP contribution < -0.4 is 14.2 Å². The smallest absolute Gasteiger partial charge is 0.231 e. The van der Waals surface area contributed by atoms with Crippen molar-refractivity contribution in [2.75, 3.05) is 13.9 Å². The highest BCUT2D eigenvalue weighted by molar-refractivity contribution is 6.01. The van der Waals surface area contributed by atoms with Crippen LogP contribution in [-0.4, -0.2) is 24.2 Å². The number of methoxy groups -OCH3 is 1. The summed E-state index contributed by atoms with van der Waals surface area (Å²) in [6, 6.07) is 22.0. The Bertz CT molecular complexity index is 1380. The molecule has 6 nitrogen and oxygen atoms in total. The average molecular weight is 473 g/mol. The second-order valence-corrected chi connectivity index (χ2v) is 8.21. The summed E-state index contributed by atoms with van der Waals surface area (Å²) < 4.78 is 31.8. The number of fused-ring (bicyclic) bond motifs is 1. The van der Waals surface area contributed by atoms with Crippen LogP contribution in [0.15, 0.2) is 78.0 Å². The first-order valence-electron chi connectivity index (χ1n) is 11.2. The van der Waals surface area contributed by atoms with Gasteiger partial charge >= 0.3 is 0 Å². The summed E-state index contributed by atoms with van der Waals surface area (Å²) in [6.45, 7) is 4.46. The van der Waals surface area contributed by atoms with Crippen LogP contribution in [0.5, 0.6) is 17.2 Å². The van der Waals surface area contributed by atoms with E-state index in [2.05, 4.69) is 15.8 Å². The molecule has 0 radical (unpaired) electrons. The van der Waals surface area contributed by atoms with E-state index in [9.17, 15) is 4.39 Å². The molecule has 1 aliphatic heterocycles. The fourth-order valence-electron chi connectivity index (χ4n) is 4.15. The molecule has 3 aromatic carbocycles. The summed E-state index contributed by atoms with van der Waals surface area (Å²) in [7, 11) is 1.64. The average Bonchev–Trinajstić information content (AvgIpc) is 3.48. The molecule has 0 fully saturated rings. The number of nitrogens with zero attached hydrogens (tertiary/aromatic N) is 2. The van der Waals surface area contributed by atoms with Gasteiger partial charge in [0.15, 0.2) is 11.5 Å². The normalized spacial score (nSPS) is 12.6. The molecule has 7 heteroatoms. The van der Waals surface area contributed by atoms with Crippen molar-refractivity contribution in [3.63, 3.8) is 0 Å². The van der Waals surface area contributed by atoms with Gasteiger partial charge in [-0.1, -0.05) is 11.2 Å². The second kappa shape index (κ2) is 9.54. The van der Waals surface area contributed by atoms with Gasteiger partial charge in [-0.05, 0) is 91.7 Å². The van der Waals surface area contributed by atoms with E-state index in [0.717, 1.165) is 51.0 Å². The largest absolute Gasteiger partial charge is 0.497 e. The highest BCUT2D eigenvalue weighted by Gasteiger charge is 2.18. The van der Waals surface area contributed by atoms with Gasteiger partial charge in [-0.15, -0.1) is 0 Å². The molecule has 1 aliphatic rings. The minimum absolute atomic E-state index is 0.234. The molecule has 0 aliphatic carbocycles. The van der Waals surface area contributed by atoms with Gasteiger partial charge in [0.05, 0.1) is 18.5 Å². The van der Waals surface area contributed by atoms with E-state index in [-0.39, 0.29) is 12.6 Å². The summed E-state index contributed by atoms with van der Waals surface area (Å²) in [6.07, 6.45) is 0. The van der Waals surface area contributed by atoms with Crippen molar-refractivity contribution >= 4 is 5.71 Å². The summed E-state index contributed by atoms with van der Waals surface area (Å²) >= 11 is 0. The third kappa shape index (κ3) is 4.57. The zero-order valence-corrected chi connectivity index (χ0v) is 19.7. The van der Waals surface area contributed by atoms with Crippen molar-refractivity contribution in [2.45, 2.75) is 20.5 Å². The van der Waals surface area contributed by atoms with Gasteiger partial charge in [0.2, 0.25) is 6.79 Å². The molecule has 0 saturated carbocycles. The maximum Gasteiger partial charge on any atom is 0.231 e. The lowest BCUT2D eigenvalue weighted by Gasteiger charge is -2.13. The van der Waals surface area contributed by atoms with Crippen LogP contribution in [0, 0.1) is 12.7 Å². The predicted octanol–water partition coefficient (Wildman–Crippen LogP) is 6.27. The number of hydrogen-bond donors (Lipinski definition) is 0. The molecule has 2 heterocycles. The zero-order chi connectivity index (χ0) is 24.4. The fraction of sp³-hybridized carbons (Fsp3) is 0.179. The van der Waals surface area contributed by atoms with E-state index in [1.807, 2.05) is 56.3 Å². The Morgan fingerprint density at radius 1 is 0.971 bits per heavy atom. The van der Waals surface area contributed by atoms with E-state index in [1.165, 1.54) is 12.1 Å². The molecule has 0 unspecified atom stereocenters. The minimum Gasteiger partial charge on any atom is -0.497 e. The Morgan fingerprint density at radius 3 is 2.46 bits per heavy atom. The Morgan fingerprint density at radius 2 is 1.71 bits per heavy atom. The third-order valence-corrected chi connectivity index (χ3v) is 5.98. The number of halogens is 1. The van der Waals surface area contributed by atoms with Crippen molar-refractivity contribution in [1.82, 2.24) is 4.57 Å². The number of oxime groups is 1. The highest BCUT2D eigenvalue weighted by Crippen LogP contribution is 2.33. The lowest BCUT2D eigenvalue weighted by molar-refractivity contribution is 0.130. The molecule has 1 aromatic heterocycles. The predicted molar refractivity (Wildman–Crippen MR) is 132 cm³/mol. The van der Waals surface area contributed by atoms with Gasteiger partial charge in [-0.2, -0.15) is 0 Å². The van der Waals surface area contributed by atoms with Crippen molar-refractivity contribution in [3.8, 4) is 34.2 Å². The zero-order valence-electron chi connectivity index (χ0n) is 19.7. The fourth-order valence-corrected chi connectivity index (χ4v) is 4.15. The topological polar surface area (TPSA) is 54.2 Å². The maximum absolute atomic E-state index is 13.6. The Hall–Kier alpha value is -4.26. The van der Waals surface area contributed by atoms with Gasteiger partial charge < -0.3 is 23.6 Å². The van der Waals surface area contributed by atoms with E-state index in [4.69, 9.17) is 19.0 Å². The van der Waals surface area contributed by atoms with Crippen molar-refractivity contribution in [2.24, 2.45) is 5.16 Å². The van der Waals surface area contributed by atoms with Gasteiger partial charge in [-0.25, -0.2) is 4.39 Å². The van der Waals surface area contributed by atoms with Crippen LogP contribution in [0.2, 0.25) is 0 Å². The minimum atomic E-state index is -0.278. The van der Waals surface area contributed by atoms with E-state index < -0.39 is 0 Å². The monoisotopic (exact) mass is 472 g/mol. The lowest BCUT2D eigenvalue weighted by atomic mass is 10.1. The van der Waals surface area contributed by atoms with Crippen LogP contribution in [0.25, 0.3) is 16.9 Å². The van der Waals surface area contributed by atoms with E-state index in [1.54, 1.807) is 19.2 Å². The lowest BCUT2D eigenvalue weighted by Crippen LogP contribution is -2.02. The van der Waals surface area contributed by atoms with Gasteiger partial charge in [0.1, 0.15) is 18.2 Å². The second-order valence-electron chi connectivity index (χ2n) is 8.21. The molecule has 0 saturated heterocycles. The van der Waals surface area contributed by atoms with Gasteiger partial charge in [-0.3, -0.25) is 0 Å². The Labute approximate surface area is 203 Å². The van der Waals surface area contributed by atoms with Gasteiger partial charge in [0.25, 0.3) is 0 Å². The summed E-state index contributed by atoms with van der Waals surface area (Å²) in [5.74, 6) is 1.94. The number of hydrogen-bond acceptors (Lipinski definition) is 5. The van der Waals surface area contributed by atoms with Crippen molar-refractivity contribution < 1.29 is 23.4 Å². The molecular weight excluding hydrogens is 447 g/mol. The first kappa shape index (κ1) is 22.5. The van der Waals surface area contributed by atoms with Crippen LogP contribution in [0.1, 0.15) is 23.7 Å². The van der Waals surface area contributed by atoms with Crippen molar-refractivity contribution in [1.29, 1.82) is 0 Å². The standard InChI is InChI=1S/C28H25FN2O4/c1-18(30-35-16-20-4-13-27-28(14-20)34-17-33-27)25-15-26(21-5-11-24(32-3)12-6-21)31(19(25)2)23-9-7-22(29)8-10-23/h4-15H,16-17H2,1-3H3/b30-18-.